The summed E-state index contributed by atoms with van der Waals surface area (Å²) in [5.74, 6) is 0.193. The van der Waals surface area contributed by atoms with Gasteiger partial charge < -0.3 is 4.74 Å². The summed E-state index contributed by atoms with van der Waals surface area (Å²) < 4.78 is 6.31. The number of nitrogens with zero attached hydrogens (tertiary/aromatic N) is 1. The standard InChI is InChI=1S/C20H20BrNO2/c1-15(2)20(17-11-7-4-8-12-17)14-24-19(23)22(20)13-18(21)16-9-5-3-6-10-16/h3-13,15H,14H2,1-2H3/b18-13+/t20-/m1/s1. The molecule has 24 heavy (non-hydrogen) atoms. The molecule has 1 atom stereocenters. The van der Waals surface area contributed by atoms with Crippen LogP contribution in [0.2, 0.25) is 0 Å². The maximum atomic E-state index is 12.5. The van der Waals surface area contributed by atoms with E-state index in [-0.39, 0.29) is 12.0 Å². The molecule has 0 unspecified atom stereocenters. The van der Waals surface area contributed by atoms with Crippen molar-refractivity contribution < 1.29 is 9.53 Å². The number of hydrogen-bond donors (Lipinski definition) is 0. The normalized spacial score (nSPS) is 21.2. The highest BCUT2D eigenvalue weighted by atomic mass is 79.9. The van der Waals surface area contributed by atoms with Gasteiger partial charge in [-0.2, -0.15) is 0 Å². The van der Waals surface area contributed by atoms with Crippen molar-refractivity contribution in [3.63, 3.8) is 0 Å². The van der Waals surface area contributed by atoms with Crippen molar-refractivity contribution in [1.82, 2.24) is 4.90 Å². The maximum absolute atomic E-state index is 12.5. The summed E-state index contributed by atoms with van der Waals surface area (Å²) in [4.78, 5) is 14.2. The Morgan fingerprint density at radius 2 is 1.71 bits per heavy atom. The first-order valence-electron chi connectivity index (χ1n) is 8.00. The lowest BCUT2D eigenvalue weighted by atomic mass is 9.80. The van der Waals surface area contributed by atoms with Crippen molar-refractivity contribution in [3.05, 3.63) is 78.0 Å². The van der Waals surface area contributed by atoms with Crippen molar-refractivity contribution in [2.45, 2.75) is 19.4 Å². The maximum Gasteiger partial charge on any atom is 0.414 e. The quantitative estimate of drug-likeness (QED) is 0.706. The summed E-state index contributed by atoms with van der Waals surface area (Å²) in [5.41, 5.74) is 1.59. The number of halogens is 1. The Hall–Kier alpha value is -2.07. The molecule has 1 amide bonds. The smallest absolute Gasteiger partial charge is 0.414 e. The van der Waals surface area contributed by atoms with E-state index in [2.05, 4.69) is 41.9 Å². The Labute approximate surface area is 151 Å². The highest BCUT2D eigenvalue weighted by Gasteiger charge is 2.50. The molecular formula is C20H20BrNO2. The van der Waals surface area contributed by atoms with Crippen LogP contribution in [0.5, 0.6) is 0 Å². The second-order valence-corrected chi connectivity index (χ2v) is 7.07. The molecule has 3 rings (SSSR count). The van der Waals surface area contributed by atoms with Gasteiger partial charge in [0.2, 0.25) is 0 Å². The van der Waals surface area contributed by atoms with E-state index in [0.29, 0.717) is 6.61 Å². The zero-order valence-electron chi connectivity index (χ0n) is 13.8. The minimum absolute atomic E-state index is 0.193. The third-order valence-corrected chi connectivity index (χ3v) is 5.23. The number of hydrogen-bond acceptors (Lipinski definition) is 2. The number of carbonyl (C=O) groups is 1. The van der Waals surface area contributed by atoms with Crippen molar-refractivity contribution in [1.29, 1.82) is 0 Å². The molecule has 0 saturated carbocycles. The average molecular weight is 386 g/mol. The Morgan fingerprint density at radius 3 is 2.29 bits per heavy atom. The minimum atomic E-state index is -0.508. The molecule has 124 valence electrons. The largest absolute Gasteiger partial charge is 0.446 e. The number of amides is 1. The molecule has 2 aromatic rings. The lowest BCUT2D eigenvalue weighted by Crippen LogP contribution is -2.45. The van der Waals surface area contributed by atoms with Crippen LogP contribution in [0.4, 0.5) is 4.79 Å². The van der Waals surface area contributed by atoms with Crippen molar-refractivity contribution in [3.8, 4) is 0 Å². The van der Waals surface area contributed by atoms with E-state index in [1.165, 1.54) is 0 Å². The van der Waals surface area contributed by atoms with Crippen LogP contribution in [0.3, 0.4) is 0 Å². The van der Waals surface area contributed by atoms with Gasteiger partial charge in [-0.25, -0.2) is 4.79 Å². The summed E-state index contributed by atoms with van der Waals surface area (Å²) in [7, 11) is 0. The fourth-order valence-corrected chi connectivity index (χ4v) is 3.62. The monoisotopic (exact) mass is 385 g/mol. The molecule has 1 saturated heterocycles. The van der Waals surface area contributed by atoms with Gasteiger partial charge in [0.05, 0.1) is 0 Å². The zero-order valence-corrected chi connectivity index (χ0v) is 15.4. The molecule has 0 aromatic heterocycles. The zero-order chi connectivity index (χ0) is 17.2. The van der Waals surface area contributed by atoms with Crippen LogP contribution in [0, 0.1) is 5.92 Å². The van der Waals surface area contributed by atoms with Gasteiger partial charge in [-0.15, -0.1) is 0 Å². The predicted molar refractivity (Wildman–Crippen MR) is 99.5 cm³/mol. The molecule has 1 aliphatic heterocycles. The van der Waals surface area contributed by atoms with Crippen LogP contribution in [-0.4, -0.2) is 17.6 Å². The van der Waals surface area contributed by atoms with Gasteiger partial charge in [-0.1, -0.05) is 74.5 Å². The van der Waals surface area contributed by atoms with Gasteiger partial charge in [-0.3, -0.25) is 4.90 Å². The number of carbonyl (C=O) groups excluding carboxylic acids is 1. The molecule has 1 fully saturated rings. The van der Waals surface area contributed by atoms with Gasteiger partial charge in [0.25, 0.3) is 0 Å². The summed E-state index contributed by atoms with van der Waals surface area (Å²) in [5, 5.41) is 0. The number of ether oxygens (including phenoxy) is 1. The van der Waals surface area contributed by atoms with Crippen LogP contribution in [0.15, 0.2) is 66.9 Å². The van der Waals surface area contributed by atoms with E-state index in [0.717, 1.165) is 15.6 Å². The van der Waals surface area contributed by atoms with Crippen molar-refractivity contribution in [2.24, 2.45) is 5.92 Å². The fraction of sp³-hybridized carbons (Fsp3) is 0.250. The average Bonchev–Trinajstić information content (AvgIpc) is 2.94. The molecule has 0 spiro atoms. The van der Waals surface area contributed by atoms with E-state index in [1.807, 2.05) is 54.7 Å². The van der Waals surface area contributed by atoms with Gasteiger partial charge in [-0.05, 0) is 33.0 Å². The Morgan fingerprint density at radius 1 is 1.12 bits per heavy atom. The lowest BCUT2D eigenvalue weighted by molar-refractivity contribution is 0.152. The van der Waals surface area contributed by atoms with Crippen LogP contribution in [0.25, 0.3) is 4.48 Å². The molecule has 3 nitrogen and oxygen atoms in total. The summed E-state index contributed by atoms with van der Waals surface area (Å²) in [6.45, 7) is 4.58. The molecule has 1 aliphatic rings. The Balaban J connectivity index is 2.08. The van der Waals surface area contributed by atoms with E-state index in [9.17, 15) is 4.79 Å². The lowest BCUT2D eigenvalue weighted by Gasteiger charge is -2.38. The summed E-state index contributed by atoms with van der Waals surface area (Å²) in [6.07, 6.45) is 1.53. The van der Waals surface area contributed by atoms with Gasteiger partial charge in [0.1, 0.15) is 12.1 Å². The molecule has 1 heterocycles. The molecule has 0 aliphatic carbocycles. The third-order valence-electron chi connectivity index (χ3n) is 4.56. The van der Waals surface area contributed by atoms with Gasteiger partial charge in [0.15, 0.2) is 0 Å². The topological polar surface area (TPSA) is 29.5 Å². The second-order valence-electron chi connectivity index (χ2n) is 6.21. The highest BCUT2D eigenvalue weighted by Crippen LogP contribution is 2.42. The molecule has 0 N–H and O–H groups in total. The SMILES string of the molecule is CC(C)[C@@]1(c2ccccc2)COC(=O)N1/C=C(/Br)c1ccccc1. The van der Waals surface area contributed by atoms with Crippen LogP contribution < -0.4 is 0 Å². The molecule has 0 bridgehead atoms. The molecular weight excluding hydrogens is 366 g/mol. The summed E-state index contributed by atoms with van der Waals surface area (Å²) >= 11 is 3.61. The minimum Gasteiger partial charge on any atom is -0.446 e. The molecule has 4 heteroatoms. The van der Waals surface area contributed by atoms with Gasteiger partial charge >= 0.3 is 6.09 Å². The first-order valence-corrected chi connectivity index (χ1v) is 8.79. The van der Waals surface area contributed by atoms with E-state index in [1.54, 1.807) is 4.90 Å². The Bertz CT molecular complexity index is 743. The van der Waals surface area contributed by atoms with Gasteiger partial charge in [0, 0.05) is 10.7 Å². The number of cyclic esters (lactones) is 1. The van der Waals surface area contributed by atoms with Crippen LogP contribution in [0.1, 0.15) is 25.0 Å². The fourth-order valence-electron chi connectivity index (χ4n) is 3.15. The van der Waals surface area contributed by atoms with Crippen molar-refractivity contribution >= 4 is 26.5 Å². The van der Waals surface area contributed by atoms with E-state index in [4.69, 9.17) is 4.74 Å². The second kappa shape index (κ2) is 6.81. The first kappa shape index (κ1) is 16.8. The summed E-state index contributed by atoms with van der Waals surface area (Å²) in [6, 6.07) is 20.0. The van der Waals surface area contributed by atoms with E-state index < -0.39 is 5.54 Å². The predicted octanol–water partition coefficient (Wildman–Crippen LogP) is 5.38. The molecule has 2 aromatic carbocycles. The molecule has 0 radical (unpaired) electrons. The van der Waals surface area contributed by atoms with Crippen LogP contribution >= 0.6 is 15.9 Å². The number of rotatable bonds is 4. The number of benzene rings is 2. The van der Waals surface area contributed by atoms with E-state index >= 15 is 0 Å². The first-order chi connectivity index (χ1) is 11.6. The Kier molecular flexibility index (Phi) is 4.76. The highest BCUT2D eigenvalue weighted by molar-refractivity contribution is 9.15. The third kappa shape index (κ3) is 2.86. The van der Waals surface area contributed by atoms with Crippen LogP contribution in [-0.2, 0) is 10.3 Å². The van der Waals surface area contributed by atoms with Crippen molar-refractivity contribution in [2.75, 3.05) is 6.61 Å².